The highest BCUT2D eigenvalue weighted by Crippen LogP contribution is 2.30. The summed E-state index contributed by atoms with van der Waals surface area (Å²) in [4.78, 5) is 31.9. The summed E-state index contributed by atoms with van der Waals surface area (Å²) in [6, 6.07) is 9.36. The number of carboxylic acid groups (broad SMARTS) is 1. The lowest BCUT2D eigenvalue weighted by molar-refractivity contribution is -0.137. The molecule has 8 nitrogen and oxygen atoms in total. The normalized spacial score (nSPS) is 11.6. The maximum absolute atomic E-state index is 12.8. The van der Waals surface area contributed by atoms with Gasteiger partial charge in [-0.15, -0.1) is 0 Å². The van der Waals surface area contributed by atoms with Crippen LogP contribution >= 0.6 is 0 Å². The van der Waals surface area contributed by atoms with Gasteiger partial charge in [0.05, 0.1) is 12.5 Å². The molecule has 2 aromatic heterocycles. The van der Waals surface area contributed by atoms with Crippen molar-refractivity contribution in [3.05, 3.63) is 65.2 Å². The SMILES string of the molecule is Cc1ccc2c(O)c(C(=O)N[C@@H](CC(=O)O)c3cccnc3)nc(C#N)c2c1. The molecule has 0 saturated heterocycles. The first-order chi connectivity index (χ1) is 13.4. The van der Waals surface area contributed by atoms with Crippen molar-refractivity contribution in [2.45, 2.75) is 19.4 Å². The first-order valence-corrected chi connectivity index (χ1v) is 8.36. The third kappa shape index (κ3) is 3.73. The highest BCUT2D eigenvalue weighted by molar-refractivity contribution is 6.03. The van der Waals surface area contributed by atoms with E-state index in [-0.39, 0.29) is 23.6 Å². The Labute approximate surface area is 160 Å². The summed E-state index contributed by atoms with van der Waals surface area (Å²) < 4.78 is 0. The van der Waals surface area contributed by atoms with Crippen LogP contribution in [0.2, 0.25) is 0 Å². The van der Waals surface area contributed by atoms with Crippen LogP contribution in [-0.4, -0.2) is 32.1 Å². The zero-order chi connectivity index (χ0) is 20.3. The Bertz CT molecular complexity index is 1110. The van der Waals surface area contributed by atoms with E-state index < -0.39 is 17.9 Å². The van der Waals surface area contributed by atoms with E-state index in [1.165, 1.54) is 12.4 Å². The quantitative estimate of drug-likeness (QED) is 0.622. The minimum absolute atomic E-state index is 0.00203. The number of aliphatic carboxylic acids is 1. The molecule has 0 aliphatic carbocycles. The number of aromatic nitrogens is 2. The number of pyridine rings is 2. The number of fused-ring (bicyclic) bond motifs is 1. The highest BCUT2D eigenvalue weighted by Gasteiger charge is 2.24. The van der Waals surface area contributed by atoms with E-state index in [1.807, 2.05) is 13.0 Å². The van der Waals surface area contributed by atoms with Crippen molar-refractivity contribution in [3.63, 3.8) is 0 Å². The maximum Gasteiger partial charge on any atom is 0.305 e. The van der Waals surface area contributed by atoms with E-state index in [9.17, 15) is 20.0 Å². The number of nitrogens with zero attached hydrogens (tertiary/aromatic N) is 3. The largest absolute Gasteiger partial charge is 0.505 e. The third-order valence-electron chi connectivity index (χ3n) is 4.23. The summed E-state index contributed by atoms with van der Waals surface area (Å²) >= 11 is 0. The molecule has 2 heterocycles. The van der Waals surface area contributed by atoms with Crippen molar-refractivity contribution in [1.82, 2.24) is 15.3 Å². The van der Waals surface area contributed by atoms with Crippen molar-refractivity contribution < 1.29 is 19.8 Å². The highest BCUT2D eigenvalue weighted by atomic mass is 16.4. The molecule has 8 heteroatoms. The number of benzene rings is 1. The zero-order valence-corrected chi connectivity index (χ0v) is 14.9. The van der Waals surface area contributed by atoms with Crippen LogP contribution < -0.4 is 5.32 Å². The number of aryl methyl sites for hydroxylation is 1. The van der Waals surface area contributed by atoms with Crippen LogP contribution in [0, 0.1) is 18.3 Å². The molecule has 0 saturated carbocycles. The molecule has 1 amide bonds. The van der Waals surface area contributed by atoms with Crippen LogP contribution in [-0.2, 0) is 4.79 Å². The molecule has 1 aromatic carbocycles. The molecule has 0 unspecified atom stereocenters. The Kier molecular flexibility index (Phi) is 5.18. The number of hydrogen-bond acceptors (Lipinski definition) is 6. The molecular formula is C20H16N4O4. The average molecular weight is 376 g/mol. The van der Waals surface area contributed by atoms with Crippen molar-refractivity contribution in [2.75, 3.05) is 0 Å². The van der Waals surface area contributed by atoms with Gasteiger partial charge >= 0.3 is 5.97 Å². The number of nitriles is 1. The molecule has 0 aliphatic heterocycles. The van der Waals surface area contributed by atoms with E-state index in [2.05, 4.69) is 15.3 Å². The lowest BCUT2D eigenvalue weighted by atomic mass is 10.0. The van der Waals surface area contributed by atoms with E-state index in [0.29, 0.717) is 16.3 Å². The number of carbonyl (C=O) groups excluding carboxylic acids is 1. The van der Waals surface area contributed by atoms with Gasteiger partial charge in [0.25, 0.3) is 5.91 Å². The molecule has 0 fully saturated rings. The van der Waals surface area contributed by atoms with Gasteiger partial charge in [-0.3, -0.25) is 14.6 Å². The molecule has 0 bridgehead atoms. The predicted octanol–water partition coefficient (Wildman–Crippen LogP) is 2.46. The Balaban J connectivity index is 2.02. The van der Waals surface area contributed by atoms with E-state index in [4.69, 9.17) is 5.11 Å². The molecule has 28 heavy (non-hydrogen) atoms. The molecule has 140 valence electrons. The van der Waals surface area contributed by atoms with Gasteiger partial charge in [0.15, 0.2) is 11.4 Å². The van der Waals surface area contributed by atoms with Gasteiger partial charge < -0.3 is 15.5 Å². The summed E-state index contributed by atoms with van der Waals surface area (Å²) in [6.07, 6.45) is 2.60. The van der Waals surface area contributed by atoms with Gasteiger partial charge in [-0.1, -0.05) is 23.8 Å². The second-order valence-corrected chi connectivity index (χ2v) is 6.23. The first kappa shape index (κ1) is 18.8. The average Bonchev–Trinajstić information content (AvgIpc) is 2.68. The number of carbonyl (C=O) groups is 2. The second-order valence-electron chi connectivity index (χ2n) is 6.23. The van der Waals surface area contributed by atoms with Crippen LogP contribution in [0.15, 0.2) is 42.7 Å². The van der Waals surface area contributed by atoms with Crippen molar-refractivity contribution in [3.8, 4) is 11.8 Å². The lowest BCUT2D eigenvalue weighted by Gasteiger charge is -2.17. The van der Waals surface area contributed by atoms with Gasteiger partial charge in [-0.2, -0.15) is 5.26 Å². The topological polar surface area (TPSA) is 136 Å². The van der Waals surface area contributed by atoms with Gasteiger partial charge in [0.1, 0.15) is 11.8 Å². The monoisotopic (exact) mass is 376 g/mol. The Hall–Kier alpha value is -3.99. The van der Waals surface area contributed by atoms with Crippen LogP contribution in [0.1, 0.15) is 39.8 Å². The zero-order valence-electron chi connectivity index (χ0n) is 14.9. The van der Waals surface area contributed by atoms with Crippen molar-refractivity contribution in [1.29, 1.82) is 5.26 Å². The number of aromatic hydroxyl groups is 1. The van der Waals surface area contributed by atoms with E-state index in [1.54, 1.807) is 30.3 Å². The van der Waals surface area contributed by atoms with Gasteiger partial charge in [-0.05, 0) is 24.6 Å². The number of hydrogen-bond donors (Lipinski definition) is 3. The van der Waals surface area contributed by atoms with Gasteiger partial charge in [0.2, 0.25) is 0 Å². The molecule has 0 radical (unpaired) electrons. The second kappa shape index (κ2) is 7.72. The number of nitrogens with one attached hydrogen (secondary N) is 1. The standard InChI is InChI=1S/C20H16N4O4/c1-11-4-5-13-14(7-11)16(9-21)23-18(19(13)27)20(28)24-15(8-17(25)26)12-3-2-6-22-10-12/h2-7,10,15,27H,8H2,1H3,(H,24,28)(H,25,26)/t15-/m0/s1. The van der Waals surface area contributed by atoms with E-state index >= 15 is 0 Å². The summed E-state index contributed by atoms with van der Waals surface area (Å²) in [5, 5.41) is 32.4. The maximum atomic E-state index is 12.8. The molecule has 1 atom stereocenters. The van der Waals surface area contributed by atoms with Gasteiger partial charge in [0, 0.05) is 23.2 Å². The number of rotatable bonds is 5. The van der Waals surface area contributed by atoms with Gasteiger partial charge in [-0.25, -0.2) is 4.98 Å². The Morgan fingerprint density at radius 3 is 2.71 bits per heavy atom. The Morgan fingerprint density at radius 1 is 1.29 bits per heavy atom. The fourth-order valence-electron chi connectivity index (χ4n) is 2.89. The van der Waals surface area contributed by atoms with Crippen LogP contribution in [0.4, 0.5) is 0 Å². The lowest BCUT2D eigenvalue weighted by Crippen LogP contribution is -2.31. The van der Waals surface area contributed by atoms with E-state index in [0.717, 1.165) is 5.56 Å². The summed E-state index contributed by atoms with van der Waals surface area (Å²) in [7, 11) is 0. The summed E-state index contributed by atoms with van der Waals surface area (Å²) in [5.74, 6) is -2.27. The fourth-order valence-corrected chi connectivity index (χ4v) is 2.89. The smallest absolute Gasteiger partial charge is 0.305 e. The minimum atomic E-state index is -1.11. The van der Waals surface area contributed by atoms with Crippen LogP contribution in [0.5, 0.6) is 5.75 Å². The van der Waals surface area contributed by atoms with Crippen LogP contribution in [0.25, 0.3) is 10.8 Å². The minimum Gasteiger partial charge on any atom is -0.505 e. The molecule has 3 rings (SSSR count). The predicted molar refractivity (Wildman–Crippen MR) is 99.6 cm³/mol. The molecule has 3 aromatic rings. The van der Waals surface area contributed by atoms with Crippen molar-refractivity contribution in [2.24, 2.45) is 0 Å². The number of amides is 1. The summed E-state index contributed by atoms with van der Waals surface area (Å²) in [6.45, 7) is 1.84. The Morgan fingerprint density at radius 2 is 2.07 bits per heavy atom. The molecule has 0 spiro atoms. The first-order valence-electron chi connectivity index (χ1n) is 8.36. The fraction of sp³-hybridized carbons (Fsp3) is 0.150. The third-order valence-corrected chi connectivity index (χ3v) is 4.23. The van der Waals surface area contributed by atoms with Crippen LogP contribution in [0.3, 0.4) is 0 Å². The molecule has 3 N–H and O–H groups in total. The number of carboxylic acids is 1. The molecular weight excluding hydrogens is 360 g/mol. The molecule has 0 aliphatic rings. The van der Waals surface area contributed by atoms with Crippen molar-refractivity contribution >= 4 is 22.6 Å². The summed E-state index contributed by atoms with van der Waals surface area (Å²) in [5.41, 5.74) is 1.03.